The van der Waals surface area contributed by atoms with Crippen molar-refractivity contribution in [2.45, 2.75) is 32.9 Å². The number of fused-ring (bicyclic) bond motifs is 1. The standard InChI is InChI=1S/C16H24N4O/c1-3-13-12-19(9-10-21-13)16-14(11-17-4-2)20-8-6-5-7-15(20)18-16/h5-8,13,17H,3-4,9-12H2,1-2H3. The van der Waals surface area contributed by atoms with Gasteiger partial charge in [0, 0.05) is 25.8 Å². The van der Waals surface area contributed by atoms with E-state index in [1.807, 2.05) is 6.07 Å². The van der Waals surface area contributed by atoms with E-state index in [-0.39, 0.29) is 0 Å². The van der Waals surface area contributed by atoms with Gasteiger partial charge in [0.15, 0.2) is 5.82 Å². The fourth-order valence-corrected chi connectivity index (χ4v) is 2.85. The van der Waals surface area contributed by atoms with Crippen molar-refractivity contribution in [1.82, 2.24) is 14.7 Å². The number of rotatable bonds is 5. The Labute approximate surface area is 125 Å². The van der Waals surface area contributed by atoms with Crippen LogP contribution in [0.25, 0.3) is 5.65 Å². The second-order valence-corrected chi connectivity index (χ2v) is 5.44. The van der Waals surface area contributed by atoms with Gasteiger partial charge in [0.25, 0.3) is 0 Å². The number of nitrogens with zero attached hydrogens (tertiary/aromatic N) is 3. The van der Waals surface area contributed by atoms with E-state index < -0.39 is 0 Å². The molecule has 1 aliphatic heterocycles. The van der Waals surface area contributed by atoms with Crippen LogP contribution in [0.3, 0.4) is 0 Å². The SMILES string of the molecule is CCNCc1c(N2CCOC(CC)C2)nc2ccccn12. The van der Waals surface area contributed by atoms with E-state index in [1.54, 1.807) is 0 Å². The van der Waals surface area contributed by atoms with Crippen LogP contribution in [-0.4, -0.2) is 41.7 Å². The smallest absolute Gasteiger partial charge is 0.152 e. The highest BCUT2D eigenvalue weighted by molar-refractivity contribution is 5.56. The lowest BCUT2D eigenvalue weighted by atomic mass is 10.2. The number of imidazole rings is 1. The van der Waals surface area contributed by atoms with E-state index in [9.17, 15) is 0 Å². The van der Waals surface area contributed by atoms with Gasteiger partial charge < -0.3 is 19.4 Å². The first-order valence-electron chi connectivity index (χ1n) is 7.86. The topological polar surface area (TPSA) is 41.8 Å². The first-order chi connectivity index (χ1) is 10.3. The normalized spacial score (nSPS) is 19.3. The third kappa shape index (κ3) is 2.89. The summed E-state index contributed by atoms with van der Waals surface area (Å²) in [5, 5.41) is 3.43. The van der Waals surface area contributed by atoms with Crippen molar-refractivity contribution < 1.29 is 4.74 Å². The molecule has 0 saturated carbocycles. The summed E-state index contributed by atoms with van der Waals surface area (Å²) in [5.41, 5.74) is 2.25. The number of morpholine rings is 1. The van der Waals surface area contributed by atoms with Crippen LogP contribution in [0, 0.1) is 0 Å². The quantitative estimate of drug-likeness (QED) is 0.914. The number of pyridine rings is 1. The zero-order chi connectivity index (χ0) is 14.7. The second-order valence-electron chi connectivity index (χ2n) is 5.44. The minimum atomic E-state index is 0.315. The van der Waals surface area contributed by atoms with Crippen LogP contribution in [0.1, 0.15) is 26.0 Å². The number of nitrogens with one attached hydrogen (secondary N) is 1. The van der Waals surface area contributed by atoms with Gasteiger partial charge in [0.1, 0.15) is 5.65 Å². The molecular weight excluding hydrogens is 264 g/mol. The second kappa shape index (κ2) is 6.45. The number of anilines is 1. The Balaban J connectivity index is 1.96. The molecule has 2 aromatic rings. The van der Waals surface area contributed by atoms with E-state index in [1.165, 1.54) is 5.69 Å². The Bertz CT molecular complexity index is 595. The Hall–Kier alpha value is -1.59. The minimum Gasteiger partial charge on any atom is -0.375 e. The predicted octanol–water partition coefficient (Wildman–Crippen LogP) is 2.06. The Morgan fingerprint density at radius 2 is 2.29 bits per heavy atom. The average molecular weight is 288 g/mol. The summed E-state index contributed by atoms with van der Waals surface area (Å²) < 4.78 is 7.97. The molecule has 2 aromatic heterocycles. The molecule has 1 N–H and O–H groups in total. The van der Waals surface area contributed by atoms with Crippen molar-refractivity contribution in [2.75, 3.05) is 31.1 Å². The molecule has 0 spiro atoms. The third-order valence-electron chi connectivity index (χ3n) is 4.04. The summed E-state index contributed by atoms with van der Waals surface area (Å²) in [7, 11) is 0. The zero-order valence-electron chi connectivity index (χ0n) is 12.9. The maximum atomic E-state index is 5.78. The van der Waals surface area contributed by atoms with E-state index in [0.717, 1.165) is 50.7 Å². The van der Waals surface area contributed by atoms with E-state index >= 15 is 0 Å². The molecule has 3 rings (SSSR count). The minimum absolute atomic E-state index is 0.315. The molecule has 0 aromatic carbocycles. The third-order valence-corrected chi connectivity index (χ3v) is 4.04. The van der Waals surface area contributed by atoms with E-state index in [2.05, 4.69) is 46.8 Å². The molecule has 5 nitrogen and oxygen atoms in total. The summed E-state index contributed by atoms with van der Waals surface area (Å²) >= 11 is 0. The zero-order valence-corrected chi connectivity index (χ0v) is 12.9. The Kier molecular flexibility index (Phi) is 4.41. The van der Waals surface area contributed by atoms with Gasteiger partial charge in [-0.2, -0.15) is 0 Å². The monoisotopic (exact) mass is 288 g/mol. The van der Waals surface area contributed by atoms with Crippen LogP contribution >= 0.6 is 0 Å². The molecule has 114 valence electrons. The van der Waals surface area contributed by atoms with Crippen LogP contribution in [0.2, 0.25) is 0 Å². The molecule has 0 bridgehead atoms. The lowest BCUT2D eigenvalue weighted by Crippen LogP contribution is -2.43. The number of hydrogen-bond acceptors (Lipinski definition) is 4. The highest BCUT2D eigenvalue weighted by atomic mass is 16.5. The molecule has 1 unspecified atom stereocenters. The summed E-state index contributed by atoms with van der Waals surface area (Å²) in [6.45, 7) is 8.74. The molecule has 1 atom stereocenters. The van der Waals surface area contributed by atoms with Gasteiger partial charge in [-0.05, 0) is 25.1 Å². The molecule has 0 amide bonds. The molecule has 0 aliphatic carbocycles. The van der Waals surface area contributed by atoms with E-state index in [4.69, 9.17) is 9.72 Å². The van der Waals surface area contributed by atoms with E-state index in [0.29, 0.717) is 6.10 Å². The number of aromatic nitrogens is 2. The Morgan fingerprint density at radius 1 is 1.38 bits per heavy atom. The van der Waals surface area contributed by atoms with Crippen molar-refractivity contribution in [3.8, 4) is 0 Å². The van der Waals surface area contributed by atoms with Crippen LogP contribution in [0.15, 0.2) is 24.4 Å². The van der Waals surface area contributed by atoms with Gasteiger partial charge in [0.05, 0.1) is 18.4 Å². The fourth-order valence-electron chi connectivity index (χ4n) is 2.85. The van der Waals surface area contributed by atoms with Gasteiger partial charge >= 0.3 is 0 Å². The van der Waals surface area contributed by atoms with Crippen LogP contribution in [0.4, 0.5) is 5.82 Å². The molecule has 0 radical (unpaired) electrons. The van der Waals surface area contributed by atoms with Crippen LogP contribution < -0.4 is 10.2 Å². The first kappa shape index (κ1) is 14.4. The molecule has 1 aliphatic rings. The highest BCUT2D eigenvalue weighted by Gasteiger charge is 2.24. The Morgan fingerprint density at radius 3 is 3.10 bits per heavy atom. The predicted molar refractivity (Wildman–Crippen MR) is 84.8 cm³/mol. The van der Waals surface area contributed by atoms with Gasteiger partial charge in [-0.1, -0.05) is 19.9 Å². The fraction of sp³-hybridized carbons (Fsp3) is 0.562. The van der Waals surface area contributed by atoms with Crippen LogP contribution in [0.5, 0.6) is 0 Å². The molecule has 1 fully saturated rings. The maximum Gasteiger partial charge on any atom is 0.152 e. The molecule has 1 saturated heterocycles. The molecular formula is C16H24N4O. The highest BCUT2D eigenvalue weighted by Crippen LogP contribution is 2.24. The largest absolute Gasteiger partial charge is 0.375 e. The van der Waals surface area contributed by atoms with Gasteiger partial charge in [-0.15, -0.1) is 0 Å². The van der Waals surface area contributed by atoms with Gasteiger partial charge in [-0.25, -0.2) is 4.98 Å². The summed E-state index contributed by atoms with van der Waals surface area (Å²) in [4.78, 5) is 7.22. The molecule has 5 heteroatoms. The summed E-state index contributed by atoms with van der Waals surface area (Å²) in [5.74, 6) is 1.10. The summed E-state index contributed by atoms with van der Waals surface area (Å²) in [6, 6.07) is 6.16. The first-order valence-corrected chi connectivity index (χ1v) is 7.86. The summed E-state index contributed by atoms with van der Waals surface area (Å²) in [6.07, 6.45) is 3.46. The van der Waals surface area contributed by atoms with Crippen LogP contribution in [-0.2, 0) is 11.3 Å². The van der Waals surface area contributed by atoms with Gasteiger partial charge in [-0.3, -0.25) is 0 Å². The average Bonchev–Trinajstić information content (AvgIpc) is 2.91. The van der Waals surface area contributed by atoms with Crippen molar-refractivity contribution >= 4 is 11.5 Å². The lowest BCUT2D eigenvalue weighted by Gasteiger charge is -2.33. The van der Waals surface area contributed by atoms with Gasteiger partial charge in [0.2, 0.25) is 0 Å². The molecule has 3 heterocycles. The van der Waals surface area contributed by atoms with Crippen molar-refractivity contribution in [3.05, 3.63) is 30.1 Å². The number of ether oxygens (including phenoxy) is 1. The maximum absolute atomic E-state index is 5.78. The van der Waals surface area contributed by atoms with Crippen molar-refractivity contribution in [1.29, 1.82) is 0 Å². The number of hydrogen-bond donors (Lipinski definition) is 1. The van der Waals surface area contributed by atoms with Crippen molar-refractivity contribution in [2.24, 2.45) is 0 Å². The lowest BCUT2D eigenvalue weighted by molar-refractivity contribution is 0.0381. The molecule has 21 heavy (non-hydrogen) atoms. The van der Waals surface area contributed by atoms with Crippen molar-refractivity contribution in [3.63, 3.8) is 0 Å².